The summed E-state index contributed by atoms with van der Waals surface area (Å²) >= 11 is 0. The second-order valence-corrected chi connectivity index (χ2v) is 19.3. The van der Waals surface area contributed by atoms with Crippen molar-refractivity contribution in [2.24, 2.45) is 0 Å². The summed E-state index contributed by atoms with van der Waals surface area (Å²) in [5, 5.41) is 8.17. The van der Waals surface area contributed by atoms with Crippen molar-refractivity contribution in [2.45, 2.75) is 13.1 Å². The molecule has 3 heteroatoms. The molecule has 0 aliphatic carbocycles. The molecule has 1 heterocycles. The van der Waals surface area contributed by atoms with Crippen LogP contribution in [-0.2, 0) is 0 Å². The molecular formula is C52H40N2Si. The maximum absolute atomic E-state index is 2.52. The third kappa shape index (κ3) is 5.55. The molecule has 262 valence electrons. The summed E-state index contributed by atoms with van der Waals surface area (Å²) in [4.78, 5) is 4.76. The number of benzene rings is 9. The first-order valence-electron chi connectivity index (χ1n) is 19.1. The van der Waals surface area contributed by atoms with Gasteiger partial charge in [-0.3, -0.25) is 0 Å². The van der Waals surface area contributed by atoms with Crippen LogP contribution in [0.25, 0.3) is 43.8 Å². The molecule has 0 saturated carbocycles. The van der Waals surface area contributed by atoms with Crippen LogP contribution in [0.2, 0.25) is 13.1 Å². The molecule has 9 aromatic carbocycles. The minimum absolute atomic E-state index is 1.13. The lowest BCUT2D eigenvalue weighted by Crippen LogP contribution is -2.56. The van der Waals surface area contributed by atoms with E-state index >= 15 is 0 Å². The summed E-state index contributed by atoms with van der Waals surface area (Å²) in [6.07, 6.45) is 0. The Bertz CT molecular complexity index is 2790. The molecule has 1 aliphatic rings. The van der Waals surface area contributed by atoms with E-state index in [9.17, 15) is 0 Å². The van der Waals surface area contributed by atoms with Crippen molar-refractivity contribution in [2.75, 3.05) is 9.80 Å². The monoisotopic (exact) mass is 720 g/mol. The first-order chi connectivity index (χ1) is 27.1. The quantitative estimate of drug-likeness (QED) is 0.151. The van der Waals surface area contributed by atoms with E-state index < -0.39 is 8.07 Å². The van der Waals surface area contributed by atoms with Crippen molar-refractivity contribution in [3.63, 3.8) is 0 Å². The van der Waals surface area contributed by atoms with E-state index in [-0.39, 0.29) is 0 Å². The van der Waals surface area contributed by atoms with Crippen molar-refractivity contribution in [1.82, 2.24) is 0 Å². The molecular weight excluding hydrogens is 681 g/mol. The Balaban J connectivity index is 1.08. The third-order valence-corrected chi connectivity index (χ3v) is 14.9. The van der Waals surface area contributed by atoms with Crippen LogP contribution in [0.1, 0.15) is 0 Å². The van der Waals surface area contributed by atoms with Crippen LogP contribution in [0.3, 0.4) is 0 Å². The van der Waals surface area contributed by atoms with E-state index in [2.05, 4.69) is 229 Å². The fraction of sp³-hybridized carbons (Fsp3) is 0.0385. The zero-order valence-electron chi connectivity index (χ0n) is 31.0. The number of anilines is 6. The van der Waals surface area contributed by atoms with E-state index in [1.54, 1.807) is 0 Å². The normalized spacial score (nSPS) is 12.7. The molecule has 1 aliphatic heterocycles. The van der Waals surface area contributed by atoms with Crippen LogP contribution in [0.4, 0.5) is 34.1 Å². The molecule has 10 rings (SSSR count). The number of hydrogen-bond acceptors (Lipinski definition) is 2. The summed E-state index contributed by atoms with van der Waals surface area (Å²) in [5.41, 5.74) is 12.1. The van der Waals surface area contributed by atoms with Crippen molar-refractivity contribution in [3.8, 4) is 22.3 Å². The summed E-state index contributed by atoms with van der Waals surface area (Å²) in [7, 11) is -2.12. The van der Waals surface area contributed by atoms with Gasteiger partial charge in [0.25, 0.3) is 0 Å². The van der Waals surface area contributed by atoms with Gasteiger partial charge in [0, 0.05) is 33.8 Å². The molecule has 0 aromatic heterocycles. The zero-order chi connectivity index (χ0) is 36.9. The molecule has 9 aromatic rings. The molecule has 0 N–H and O–H groups in total. The van der Waals surface area contributed by atoms with Crippen LogP contribution < -0.4 is 20.2 Å². The van der Waals surface area contributed by atoms with E-state index in [0.717, 1.165) is 22.7 Å². The maximum Gasteiger partial charge on any atom is 0.113 e. The van der Waals surface area contributed by atoms with Crippen molar-refractivity contribution in [3.05, 3.63) is 206 Å². The summed E-state index contributed by atoms with van der Waals surface area (Å²) in [6.45, 7) is 5.05. The second kappa shape index (κ2) is 13.3. The second-order valence-electron chi connectivity index (χ2n) is 15.0. The zero-order valence-corrected chi connectivity index (χ0v) is 32.0. The summed E-state index contributed by atoms with van der Waals surface area (Å²) < 4.78 is 0. The lowest BCUT2D eigenvalue weighted by Gasteiger charge is -2.35. The molecule has 2 nitrogen and oxygen atoms in total. The van der Waals surface area contributed by atoms with Gasteiger partial charge < -0.3 is 9.80 Å². The Labute approximate surface area is 324 Å². The van der Waals surface area contributed by atoms with Gasteiger partial charge in [-0.05, 0) is 116 Å². The highest BCUT2D eigenvalue weighted by Crippen LogP contribution is 2.43. The highest BCUT2D eigenvalue weighted by atomic mass is 28.3. The highest BCUT2D eigenvalue weighted by molar-refractivity contribution is 7.03. The number of nitrogens with zero attached hydrogens (tertiary/aromatic N) is 2. The van der Waals surface area contributed by atoms with Crippen LogP contribution >= 0.6 is 0 Å². The summed E-state index contributed by atoms with van der Waals surface area (Å²) in [5.74, 6) is 0. The van der Waals surface area contributed by atoms with Gasteiger partial charge in [-0.25, -0.2) is 0 Å². The lowest BCUT2D eigenvalue weighted by atomic mass is 9.91. The first-order valence-corrected chi connectivity index (χ1v) is 22.1. The van der Waals surface area contributed by atoms with E-state index in [1.165, 1.54) is 65.5 Å². The van der Waals surface area contributed by atoms with Gasteiger partial charge in [0.1, 0.15) is 8.07 Å². The Morgan fingerprint density at radius 3 is 1.55 bits per heavy atom. The molecule has 0 amide bonds. The van der Waals surface area contributed by atoms with Gasteiger partial charge >= 0.3 is 0 Å². The molecule has 0 saturated heterocycles. The average Bonchev–Trinajstić information content (AvgIpc) is 3.24. The molecule has 0 radical (unpaired) electrons. The number of para-hydroxylation sites is 3. The SMILES string of the molecule is C[Si]1(C)c2cc(N(c3ccccc3)c3ccccc3)ccc2-c2ccc(-c3ccc(N(c4ccccc4)c4cccc5ccccc45)cc3)c3cccc1c23. The summed E-state index contributed by atoms with van der Waals surface area (Å²) in [6, 6.07) is 75.4. The smallest absolute Gasteiger partial charge is 0.113 e. The molecule has 0 spiro atoms. The predicted octanol–water partition coefficient (Wildman–Crippen LogP) is 13.4. The maximum atomic E-state index is 2.52. The van der Waals surface area contributed by atoms with E-state index in [0.29, 0.717) is 0 Å². The molecule has 0 unspecified atom stereocenters. The van der Waals surface area contributed by atoms with E-state index in [4.69, 9.17) is 0 Å². The predicted molar refractivity (Wildman–Crippen MR) is 238 cm³/mol. The van der Waals surface area contributed by atoms with Gasteiger partial charge in [-0.2, -0.15) is 0 Å². The van der Waals surface area contributed by atoms with Crippen molar-refractivity contribution < 1.29 is 0 Å². The van der Waals surface area contributed by atoms with Crippen LogP contribution in [-0.4, -0.2) is 8.07 Å². The first kappa shape index (κ1) is 32.9. The molecule has 55 heavy (non-hydrogen) atoms. The Hall–Kier alpha value is -6.68. The minimum atomic E-state index is -2.12. The van der Waals surface area contributed by atoms with Crippen molar-refractivity contribution >= 4 is 74.1 Å². The topological polar surface area (TPSA) is 6.48 Å². The van der Waals surface area contributed by atoms with Gasteiger partial charge in [-0.1, -0.05) is 153 Å². The van der Waals surface area contributed by atoms with Crippen LogP contribution in [0, 0.1) is 0 Å². The van der Waals surface area contributed by atoms with Crippen molar-refractivity contribution in [1.29, 1.82) is 0 Å². The average molecular weight is 721 g/mol. The van der Waals surface area contributed by atoms with E-state index in [1.807, 2.05) is 0 Å². The van der Waals surface area contributed by atoms with Crippen LogP contribution in [0.5, 0.6) is 0 Å². The fourth-order valence-electron chi connectivity index (χ4n) is 8.77. The Morgan fingerprint density at radius 2 is 0.855 bits per heavy atom. The van der Waals surface area contributed by atoms with Gasteiger partial charge in [-0.15, -0.1) is 0 Å². The Morgan fingerprint density at radius 1 is 0.345 bits per heavy atom. The van der Waals surface area contributed by atoms with Gasteiger partial charge in [0.05, 0.1) is 5.69 Å². The standard InChI is InChI=1S/C52H40N2Si/c1-55(2)50-27-15-25-47-44(38-28-30-42(31-29-38)54(41-22-10-5-11-23-41)49-26-14-17-37-16-12-13-24-45(37)49)34-35-48(52(47)50)46-33-32-43(36-51(46)55)53(39-18-6-3-7-19-39)40-20-8-4-9-21-40/h3-36H,1-2H3. The number of fused-ring (bicyclic) bond motifs is 3. The lowest BCUT2D eigenvalue weighted by molar-refractivity contribution is 1.29. The molecule has 0 bridgehead atoms. The third-order valence-electron chi connectivity index (χ3n) is 11.4. The number of hydrogen-bond donors (Lipinski definition) is 0. The Kier molecular flexibility index (Phi) is 7.97. The van der Waals surface area contributed by atoms with Gasteiger partial charge in [0.15, 0.2) is 0 Å². The fourth-order valence-corrected chi connectivity index (χ4v) is 11.9. The molecule has 0 fully saturated rings. The van der Waals surface area contributed by atoms with Gasteiger partial charge in [0.2, 0.25) is 0 Å². The molecule has 0 atom stereocenters. The minimum Gasteiger partial charge on any atom is -0.311 e. The number of rotatable bonds is 7. The largest absolute Gasteiger partial charge is 0.311 e. The highest BCUT2D eigenvalue weighted by Gasteiger charge is 2.36. The van der Waals surface area contributed by atoms with Crippen LogP contribution in [0.15, 0.2) is 206 Å².